The Hall–Kier alpha value is -4.35. The van der Waals surface area contributed by atoms with Gasteiger partial charge in [0.2, 0.25) is 5.95 Å². The lowest BCUT2D eigenvalue weighted by Crippen LogP contribution is -2.37. The van der Waals surface area contributed by atoms with Crippen LogP contribution >= 0.6 is 0 Å². The summed E-state index contributed by atoms with van der Waals surface area (Å²) in [6.07, 6.45) is 4.16. The highest BCUT2D eigenvalue weighted by atomic mass is 19.1. The van der Waals surface area contributed by atoms with Crippen molar-refractivity contribution in [3.05, 3.63) is 77.2 Å². The average molecular weight is 512 g/mol. The molecule has 0 radical (unpaired) electrons. The lowest BCUT2D eigenvalue weighted by molar-refractivity contribution is 0.0942. The van der Waals surface area contributed by atoms with E-state index in [-0.39, 0.29) is 34.2 Å². The summed E-state index contributed by atoms with van der Waals surface area (Å²) >= 11 is 0. The molecular weight excluding hydrogens is 489 g/mol. The number of nitrogens with one attached hydrogen (secondary N) is 2. The van der Waals surface area contributed by atoms with E-state index in [1.165, 1.54) is 55.9 Å². The van der Waals surface area contributed by atoms with E-state index in [4.69, 9.17) is 9.57 Å². The number of nitrogens with zero attached hydrogens (tertiary/aromatic N) is 4. The molecule has 1 fully saturated rings. The second-order valence-electron chi connectivity index (χ2n) is 8.65. The van der Waals surface area contributed by atoms with Crippen molar-refractivity contribution in [1.82, 2.24) is 25.2 Å². The molecule has 192 valence electrons. The van der Waals surface area contributed by atoms with Crippen LogP contribution in [0.1, 0.15) is 40.4 Å². The molecule has 0 saturated heterocycles. The van der Waals surface area contributed by atoms with Crippen molar-refractivity contribution in [1.29, 1.82) is 0 Å². The van der Waals surface area contributed by atoms with E-state index < -0.39 is 29.8 Å². The van der Waals surface area contributed by atoms with Gasteiger partial charge in [0, 0.05) is 23.4 Å². The SMILES string of the molecule is COc1ccc([C@H](NC(=O)c2cc(F)c3cnc(NC4CC(F)C4)nc3c2)c2cnn(OC)c2)cc1F. The van der Waals surface area contributed by atoms with Crippen LogP contribution in [0, 0.1) is 11.6 Å². The topological polar surface area (TPSA) is 103 Å². The number of methoxy groups -OCH3 is 1. The zero-order valence-corrected chi connectivity index (χ0v) is 19.9. The smallest absolute Gasteiger partial charge is 0.252 e. The number of ether oxygens (including phenoxy) is 1. The van der Waals surface area contributed by atoms with E-state index in [1.807, 2.05) is 0 Å². The number of aromatic nitrogens is 4. The Labute approximate surface area is 209 Å². The number of hydrogen-bond donors (Lipinski definition) is 2. The molecule has 1 amide bonds. The maximum absolute atomic E-state index is 14.9. The lowest BCUT2D eigenvalue weighted by atomic mass is 9.91. The molecule has 2 N–H and O–H groups in total. The molecule has 0 spiro atoms. The van der Waals surface area contributed by atoms with Gasteiger partial charge in [0.1, 0.15) is 19.1 Å². The van der Waals surface area contributed by atoms with E-state index in [2.05, 4.69) is 25.7 Å². The molecule has 4 aromatic rings. The number of amides is 1. The van der Waals surface area contributed by atoms with E-state index >= 15 is 0 Å². The molecule has 1 aliphatic rings. The number of hydrogen-bond acceptors (Lipinski definition) is 7. The van der Waals surface area contributed by atoms with E-state index in [1.54, 1.807) is 6.07 Å². The van der Waals surface area contributed by atoms with Crippen LogP contribution in [0.25, 0.3) is 10.9 Å². The van der Waals surface area contributed by atoms with Crippen LogP contribution < -0.4 is 20.2 Å². The van der Waals surface area contributed by atoms with Gasteiger partial charge >= 0.3 is 0 Å². The van der Waals surface area contributed by atoms with Gasteiger partial charge in [0.15, 0.2) is 11.6 Å². The minimum absolute atomic E-state index is 0.000216. The van der Waals surface area contributed by atoms with Crippen LogP contribution in [0.2, 0.25) is 0 Å². The van der Waals surface area contributed by atoms with Crippen LogP contribution in [0.15, 0.2) is 48.9 Å². The second kappa shape index (κ2) is 9.96. The van der Waals surface area contributed by atoms with Crippen molar-refractivity contribution < 1.29 is 27.5 Å². The summed E-state index contributed by atoms with van der Waals surface area (Å²) in [6, 6.07) is 5.86. The Morgan fingerprint density at radius 2 is 1.92 bits per heavy atom. The number of alkyl halides is 1. The summed E-state index contributed by atoms with van der Waals surface area (Å²) in [6.45, 7) is 0. The Morgan fingerprint density at radius 1 is 1.11 bits per heavy atom. The summed E-state index contributed by atoms with van der Waals surface area (Å²) in [4.78, 5) is 27.9. The molecule has 1 aliphatic carbocycles. The number of rotatable bonds is 8. The normalized spacial score (nSPS) is 17.6. The van der Waals surface area contributed by atoms with Gasteiger partial charge in [-0.3, -0.25) is 4.79 Å². The highest BCUT2D eigenvalue weighted by molar-refractivity contribution is 5.98. The maximum Gasteiger partial charge on any atom is 0.252 e. The molecule has 1 saturated carbocycles. The molecule has 0 aliphatic heterocycles. The second-order valence-corrected chi connectivity index (χ2v) is 8.65. The molecule has 2 aromatic carbocycles. The quantitative estimate of drug-likeness (QED) is 0.372. The summed E-state index contributed by atoms with van der Waals surface area (Å²) in [5.41, 5.74) is 1.11. The molecule has 37 heavy (non-hydrogen) atoms. The van der Waals surface area contributed by atoms with Crippen molar-refractivity contribution in [3.8, 4) is 5.75 Å². The molecule has 2 heterocycles. The van der Waals surface area contributed by atoms with Gasteiger partial charge in [0.25, 0.3) is 5.91 Å². The van der Waals surface area contributed by atoms with Gasteiger partial charge in [0.05, 0.1) is 36.4 Å². The molecule has 2 aromatic heterocycles. The highest BCUT2D eigenvalue weighted by Crippen LogP contribution is 2.28. The fourth-order valence-electron chi connectivity index (χ4n) is 4.14. The standard InChI is InChI=1S/C25H23F3N6O3/c1-36-22-4-3-13(5-20(22)28)23(15-10-30-34(12-15)37-2)33-24(35)14-6-19(27)18-11-29-25(32-21(18)7-14)31-17-8-16(26)9-17/h3-7,10-12,16-17,23H,8-9H2,1-2H3,(H,33,35)(H,29,31,32)/t16?,17?,23-/m0/s1. The first kappa shape index (κ1) is 24.3. The first-order chi connectivity index (χ1) is 17.8. The van der Waals surface area contributed by atoms with E-state index in [9.17, 15) is 18.0 Å². The summed E-state index contributed by atoms with van der Waals surface area (Å²) in [7, 11) is 2.77. The molecule has 1 atom stereocenters. The Balaban J connectivity index is 1.45. The van der Waals surface area contributed by atoms with Gasteiger partial charge in [-0.1, -0.05) is 6.07 Å². The minimum Gasteiger partial charge on any atom is -0.494 e. The number of carbonyl (C=O) groups excluding carboxylic acids is 1. The predicted octanol–water partition coefficient (Wildman–Crippen LogP) is 3.60. The third-order valence-electron chi connectivity index (χ3n) is 6.21. The predicted molar refractivity (Wildman–Crippen MR) is 128 cm³/mol. The van der Waals surface area contributed by atoms with Gasteiger partial charge in [-0.25, -0.2) is 23.1 Å². The highest BCUT2D eigenvalue weighted by Gasteiger charge is 2.29. The summed E-state index contributed by atoms with van der Waals surface area (Å²) in [5, 5.41) is 9.99. The fraction of sp³-hybridized carbons (Fsp3) is 0.280. The third kappa shape index (κ3) is 4.99. The van der Waals surface area contributed by atoms with Crippen molar-refractivity contribution in [3.63, 3.8) is 0 Å². The lowest BCUT2D eigenvalue weighted by Gasteiger charge is -2.30. The third-order valence-corrected chi connectivity index (χ3v) is 6.21. The fourth-order valence-corrected chi connectivity index (χ4v) is 4.14. The number of halogens is 3. The zero-order valence-electron chi connectivity index (χ0n) is 19.9. The first-order valence-electron chi connectivity index (χ1n) is 11.4. The summed E-state index contributed by atoms with van der Waals surface area (Å²) < 4.78 is 47.5. The molecule has 5 rings (SSSR count). The van der Waals surface area contributed by atoms with Crippen molar-refractivity contribution in [2.75, 3.05) is 19.5 Å². The van der Waals surface area contributed by atoms with Crippen LogP contribution in [0.3, 0.4) is 0 Å². The van der Waals surface area contributed by atoms with Crippen LogP contribution in [0.4, 0.5) is 19.1 Å². The Morgan fingerprint density at radius 3 is 2.59 bits per heavy atom. The van der Waals surface area contributed by atoms with Gasteiger partial charge in [-0.2, -0.15) is 0 Å². The largest absolute Gasteiger partial charge is 0.494 e. The molecule has 0 bridgehead atoms. The van der Waals surface area contributed by atoms with Gasteiger partial charge in [-0.05, 0) is 42.7 Å². The van der Waals surface area contributed by atoms with E-state index in [0.717, 1.165) is 6.07 Å². The van der Waals surface area contributed by atoms with Crippen LogP contribution in [0.5, 0.6) is 5.75 Å². The molecule has 0 unspecified atom stereocenters. The van der Waals surface area contributed by atoms with E-state index in [0.29, 0.717) is 24.0 Å². The molecule has 12 heteroatoms. The number of anilines is 1. The number of fused-ring (bicyclic) bond motifs is 1. The Kier molecular flexibility index (Phi) is 6.55. The van der Waals surface area contributed by atoms with Gasteiger partial charge in [-0.15, -0.1) is 9.94 Å². The summed E-state index contributed by atoms with van der Waals surface area (Å²) in [5.74, 6) is -1.65. The number of benzene rings is 2. The molecular formula is C25H23F3N6O3. The van der Waals surface area contributed by atoms with Crippen molar-refractivity contribution >= 4 is 22.8 Å². The average Bonchev–Trinajstić information content (AvgIpc) is 3.35. The van der Waals surface area contributed by atoms with Crippen molar-refractivity contribution in [2.24, 2.45) is 0 Å². The van der Waals surface area contributed by atoms with Crippen molar-refractivity contribution in [2.45, 2.75) is 31.1 Å². The maximum atomic E-state index is 14.9. The molecule has 9 nitrogen and oxygen atoms in total. The van der Waals surface area contributed by atoms with Crippen LogP contribution in [-0.2, 0) is 0 Å². The minimum atomic E-state index is -0.853. The monoisotopic (exact) mass is 512 g/mol. The first-order valence-corrected chi connectivity index (χ1v) is 11.4. The number of carbonyl (C=O) groups is 1. The Bertz CT molecular complexity index is 1460. The zero-order chi connectivity index (χ0) is 26.1. The van der Waals surface area contributed by atoms with Gasteiger partial charge < -0.3 is 20.2 Å². The van der Waals surface area contributed by atoms with Crippen LogP contribution in [-0.4, -0.2) is 52.3 Å².